The summed E-state index contributed by atoms with van der Waals surface area (Å²) in [5.41, 5.74) is 0. The first kappa shape index (κ1) is 10.3. The highest BCUT2D eigenvalue weighted by Crippen LogP contribution is 2.38. The Labute approximate surface area is 90.6 Å². The van der Waals surface area contributed by atoms with Crippen LogP contribution < -0.4 is 14.8 Å². The lowest BCUT2D eigenvalue weighted by Gasteiger charge is -2.15. The van der Waals surface area contributed by atoms with Crippen molar-refractivity contribution in [1.82, 2.24) is 5.32 Å². The van der Waals surface area contributed by atoms with Crippen molar-refractivity contribution in [3.05, 3.63) is 10.3 Å². The van der Waals surface area contributed by atoms with E-state index in [4.69, 9.17) is 14.6 Å². The normalized spacial score (nSPS) is 13.7. The van der Waals surface area contributed by atoms with E-state index in [1.54, 1.807) is 5.38 Å². The van der Waals surface area contributed by atoms with E-state index >= 15 is 0 Å². The van der Waals surface area contributed by atoms with Crippen molar-refractivity contribution in [2.75, 3.05) is 26.4 Å². The van der Waals surface area contributed by atoms with Crippen LogP contribution in [0.15, 0.2) is 5.38 Å². The zero-order valence-electron chi connectivity index (χ0n) is 7.99. The molecule has 0 bridgehead atoms. The highest BCUT2D eigenvalue weighted by Gasteiger charge is 2.22. The number of hydrogen-bond donors (Lipinski definition) is 2. The van der Waals surface area contributed by atoms with Crippen LogP contribution in [0.3, 0.4) is 0 Å². The maximum Gasteiger partial charge on any atom is 0.265 e. The smallest absolute Gasteiger partial charge is 0.265 e. The standard InChI is InChI=1S/C9H11NO4S/c11-2-1-10-9(12)8-7-6(5-15-8)13-3-4-14-7/h5,11H,1-4H2,(H,10,12). The molecule has 1 aliphatic rings. The lowest BCUT2D eigenvalue weighted by atomic mass is 10.3. The fourth-order valence-electron chi connectivity index (χ4n) is 1.27. The van der Waals surface area contributed by atoms with Crippen molar-refractivity contribution in [3.8, 4) is 11.5 Å². The first-order valence-electron chi connectivity index (χ1n) is 4.59. The first-order valence-corrected chi connectivity index (χ1v) is 5.47. The first-order chi connectivity index (χ1) is 7.33. The second kappa shape index (κ2) is 4.50. The number of aliphatic hydroxyl groups is 1. The van der Waals surface area contributed by atoms with Crippen LogP contribution in [0.2, 0.25) is 0 Å². The summed E-state index contributed by atoms with van der Waals surface area (Å²) in [5, 5.41) is 12.9. The molecular formula is C9H11NO4S. The van der Waals surface area contributed by atoms with Crippen LogP contribution in [0.5, 0.6) is 11.5 Å². The van der Waals surface area contributed by atoms with Gasteiger partial charge < -0.3 is 19.9 Å². The molecule has 5 nitrogen and oxygen atoms in total. The second-order valence-corrected chi connectivity index (χ2v) is 3.81. The Bertz CT molecular complexity index is 363. The molecule has 6 heteroatoms. The Morgan fingerprint density at radius 2 is 2.33 bits per heavy atom. The number of aliphatic hydroxyl groups excluding tert-OH is 1. The lowest BCUT2D eigenvalue weighted by Crippen LogP contribution is -2.26. The number of hydrogen-bond acceptors (Lipinski definition) is 5. The van der Waals surface area contributed by atoms with Crippen LogP contribution in [0.1, 0.15) is 9.67 Å². The summed E-state index contributed by atoms with van der Waals surface area (Å²) in [4.78, 5) is 12.1. The van der Waals surface area contributed by atoms with Crippen LogP contribution in [0, 0.1) is 0 Å². The molecule has 1 aliphatic heterocycles. The Hall–Kier alpha value is -1.27. The number of amides is 1. The van der Waals surface area contributed by atoms with Gasteiger partial charge in [0.05, 0.1) is 6.61 Å². The molecule has 0 aliphatic carbocycles. The average Bonchev–Trinajstić information content (AvgIpc) is 2.69. The Morgan fingerprint density at radius 1 is 1.53 bits per heavy atom. The van der Waals surface area contributed by atoms with E-state index in [2.05, 4.69) is 5.32 Å². The molecule has 2 N–H and O–H groups in total. The predicted molar refractivity (Wildman–Crippen MR) is 54.7 cm³/mol. The average molecular weight is 229 g/mol. The van der Waals surface area contributed by atoms with Crippen LogP contribution in [0.25, 0.3) is 0 Å². The number of ether oxygens (including phenoxy) is 2. The third-order valence-corrected chi connectivity index (χ3v) is 2.84. The molecule has 1 amide bonds. The highest BCUT2D eigenvalue weighted by molar-refractivity contribution is 7.12. The van der Waals surface area contributed by atoms with E-state index in [1.807, 2.05) is 0 Å². The SMILES string of the molecule is O=C(NCCO)c1scc2c1OCCO2. The van der Waals surface area contributed by atoms with Crippen molar-refractivity contribution in [1.29, 1.82) is 0 Å². The fourth-order valence-corrected chi connectivity index (χ4v) is 2.12. The predicted octanol–water partition coefficient (Wildman–Crippen LogP) is 0.241. The zero-order chi connectivity index (χ0) is 10.7. The molecule has 82 valence electrons. The van der Waals surface area contributed by atoms with Gasteiger partial charge in [-0.25, -0.2) is 0 Å². The third-order valence-electron chi connectivity index (χ3n) is 1.90. The molecule has 2 heterocycles. The van der Waals surface area contributed by atoms with Crippen molar-refractivity contribution in [2.45, 2.75) is 0 Å². The van der Waals surface area contributed by atoms with Gasteiger partial charge in [-0.2, -0.15) is 0 Å². The summed E-state index contributed by atoms with van der Waals surface area (Å²) in [6.07, 6.45) is 0. The number of thiophene rings is 1. The number of rotatable bonds is 3. The minimum Gasteiger partial charge on any atom is -0.485 e. The van der Waals surface area contributed by atoms with E-state index in [1.165, 1.54) is 11.3 Å². The molecule has 0 aromatic carbocycles. The summed E-state index contributed by atoms with van der Waals surface area (Å²) in [5.74, 6) is 0.905. The van der Waals surface area contributed by atoms with Gasteiger partial charge in [0.15, 0.2) is 11.5 Å². The van der Waals surface area contributed by atoms with Gasteiger partial charge in [-0.15, -0.1) is 11.3 Å². The van der Waals surface area contributed by atoms with Crippen molar-refractivity contribution in [2.24, 2.45) is 0 Å². The van der Waals surface area contributed by atoms with Gasteiger partial charge in [0.1, 0.15) is 18.1 Å². The number of carbonyl (C=O) groups excluding carboxylic acids is 1. The van der Waals surface area contributed by atoms with Gasteiger partial charge in [-0.3, -0.25) is 4.79 Å². The van der Waals surface area contributed by atoms with Gasteiger partial charge in [-0.1, -0.05) is 0 Å². The quantitative estimate of drug-likeness (QED) is 0.779. The molecule has 0 atom stereocenters. The Kier molecular flexibility index (Phi) is 3.08. The molecule has 0 saturated carbocycles. The Morgan fingerprint density at radius 3 is 3.13 bits per heavy atom. The minimum absolute atomic E-state index is 0.0728. The van der Waals surface area contributed by atoms with E-state index < -0.39 is 0 Å². The summed E-state index contributed by atoms with van der Waals surface area (Å²) in [6.45, 7) is 1.15. The Balaban J connectivity index is 2.14. The van der Waals surface area contributed by atoms with Crippen molar-refractivity contribution >= 4 is 17.2 Å². The second-order valence-electron chi connectivity index (χ2n) is 2.93. The maximum atomic E-state index is 11.6. The third kappa shape index (κ3) is 2.05. The van der Waals surface area contributed by atoms with Gasteiger partial charge in [-0.05, 0) is 0 Å². The number of nitrogens with one attached hydrogen (secondary N) is 1. The molecule has 0 unspecified atom stereocenters. The van der Waals surface area contributed by atoms with Gasteiger partial charge in [0.25, 0.3) is 5.91 Å². The molecule has 15 heavy (non-hydrogen) atoms. The van der Waals surface area contributed by atoms with Gasteiger partial charge >= 0.3 is 0 Å². The molecule has 0 saturated heterocycles. The minimum atomic E-state index is -0.235. The topological polar surface area (TPSA) is 67.8 Å². The maximum absolute atomic E-state index is 11.6. The van der Waals surface area contributed by atoms with E-state index in [0.717, 1.165) is 0 Å². The molecular weight excluding hydrogens is 218 g/mol. The van der Waals surface area contributed by atoms with Crippen LogP contribution >= 0.6 is 11.3 Å². The van der Waals surface area contributed by atoms with Crippen LogP contribution in [0.4, 0.5) is 0 Å². The molecule has 2 rings (SSSR count). The van der Waals surface area contributed by atoms with Crippen LogP contribution in [-0.2, 0) is 0 Å². The lowest BCUT2D eigenvalue weighted by molar-refractivity contribution is 0.0939. The molecule has 1 aromatic rings. The molecule has 0 fully saturated rings. The largest absolute Gasteiger partial charge is 0.485 e. The monoisotopic (exact) mass is 229 g/mol. The van der Waals surface area contributed by atoms with Gasteiger partial charge in [0, 0.05) is 11.9 Å². The van der Waals surface area contributed by atoms with E-state index in [9.17, 15) is 4.79 Å². The molecule has 1 aromatic heterocycles. The van der Waals surface area contributed by atoms with E-state index in [-0.39, 0.29) is 19.1 Å². The van der Waals surface area contributed by atoms with Gasteiger partial charge in [0.2, 0.25) is 0 Å². The fraction of sp³-hybridized carbons (Fsp3) is 0.444. The van der Waals surface area contributed by atoms with E-state index in [0.29, 0.717) is 29.6 Å². The van der Waals surface area contributed by atoms with Crippen molar-refractivity contribution < 1.29 is 19.4 Å². The summed E-state index contributed by atoms with van der Waals surface area (Å²) in [6, 6.07) is 0. The summed E-state index contributed by atoms with van der Waals surface area (Å²) >= 11 is 1.28. The summed E-state index contributed by atoms with van der Waals surface area (Å²) in [7, 11) is 0. The molecule has 0 spiro atoms. The van der Waals surface area contributed by atoms with Crippen LogP contribution in [-0.4, -0.2) is 37.4 Å². The number of carbonyl (C=O) groups is 1. The molecule has 0 radical (unpaired) electrons. The summed E-state index contributed by atoms with van der Waals surface area (Å²) < 4.78 is 10.7. The number of fused-ring (bicyclic) bond motifs is 1. The van der Waals surface area contributed by atoms with Crippen molar-refractivity contribution in [3.63, 3.8) is 0 Å². The highest BCUT2D eigenvalue weighted by atomic mass is 32.1. The zero-order valence-corrected chi connectivity index (χ0v) is 8.80.